The summed E-state index contributed by atoms with van der Waals surface area (Å²) in [6.07, 6.45) is 2.16. The summed E-state index contributed by atoms with van der Waals surface area (Å²) in [6, 6.07) is 8.26. The maximum atomic E-state index is 8.60. The molecule has 0 saturated heterocycles. The van der Waals surface area contributed by atoms with Crippen molar-refractivity contribution >= 4 is 11.3 Å². The van der Waals surface area contributed by atoms with E-state index in [2.05, 4.69) is 17.1 Å². The first-order valence-corrected chi connectivity index (χ1v) is 6.51. The van der Waals surface area contributed by atoms with Gasteiger partial charge in [0, 0.05) is 11.1 Å². The summed E-state index contributed by atoms with van der Waals surface area (Å²) in [4.78, 5) is 5.23. The zero-order valence-corrected chi connectivity index (χ0v) is 11.3. The minimum Gasteiger partial charge on any atom is -0.486 e. The molecule has 0 aliphatic rings. The Bertz CT molecular complexity index is 584. The molecular weight excluding hydrogens is 244 g/mol. The van der Waals surface area contributed by atoms with Crippen LogP contribution in [0, 0.1) is 25.2 Å². The number of ether oxygens (including phenoxy) is 1. The lowest BCUT2D eigenvalue weighted by Gasteiger charge is -2.08. The Morgan fingerprint density at radius 1 is 1.39 bits per heavy atom. The molecule has 18 heavy (non-hydrogen) atoms. The van der Waals surface area contributed by atoms with Crippen LogP contribution in [0.1, 0.15) is 21.0 Å². The number of hydrogen-bond acceptors (Lipinski definition) is 4. The fourth-order valence-corrected chi connectivity index (χ4v) is 2.34. The second-order valence-electron chi connectivity index (χ2n) is 4.11. The van der Waals surface area contributed by atoms with Crippen LogP contribution in [0.2, 0.25) is 0 Å². The van der Waals surface area contributed by atoms with Crippen molar-refractivity contribution in [2.45, 2.75) is 26.9 Å². The molecule has 92 valence electrons. The van der Waals surface area contributed by atoms with Crippen LogP contribution in [-0.4, -0.2) is 4.98 Å². The van der Waals surface area contributed by atoms with Crippen LogP contribution in [0.4, 0.5) is 0 Å². The van der Waals surface area contributed by atoms with E-state index in [1.807, 2.05) is 26.0 Å². The second-order valence-corrected chi connectivity index (χ2v) is 5.31. The van der Waals surface area contributed by atoms with Gasteiger partial charge in [0.2, 0.25) is 0 Å². The second kappa shape index (κ2) is 5.65. The lowest BCUT2D eigenvalue weighted by atomic mass is 10.1. The third-order valence-corrected chi connectivity index (χ3v) is 3.52. The smallest absolute Gasteiger partial charge is 0.140 e. The molecule has 0 spiro atoms. The molecule has 1 aromatic carbocycles. The molecule has 0 atom stereocenters. The summed E-state index contributed by atoms with van der Waals surface area (Å²) >= 11 is 1.53. The van der Waals surface area contributed by atoms with E-state index in [-0.39, 0.29) is 0 Å². The number of aryl methyl sites for hydroxylation is 2. The van der Waals surface area contributed by atoms with Gasteiger partial charge in [0.05, 0.1) is 12.5 Å². The van der Waals surface area contributed by atoms with E-state index >= 15 is 0 Å². The number of hydrogen-bond donors (Lipinski definition) is 0. The number of nitriles is 1. The Balaban J connectivity index is 2.02. The molecule has 0 aliphatic carbocycles. The normalized spacial score (nSPS) is 10.1. The Kier molecular flexibility index (Phi) is 3.96. The lowest BCUT2D eigenvalue weighted by molar-refractivity contribution is 0.303. The number of thiazole rings is 1. The molecule has 0 unspecified atom stereocenters. The van der Waals surface area contributed by atoms with E-state index in [9.17, 15) is 0 Å². The summed E-state index contributed by atoms with van der Waals surface area (Å²) < 4.78 is 5.76. The van der Waals surface area contributed by atoms with Crippen LogP contribution in [0.5, 0.6) is 5.75 Å². The Hall–Kier alpha value is -1.86. The number of benzene rings is 1. The highest BCUT2D eigenvalue weighted by molar-refractivity contribution is 7.11. The molecule has 0 fully saturated rings. The molecule has 3 nitrogen and oxygen atoms in total. The van der Waals surface area contributed by atoms with Gasteiger partial charge in [-0.15, -0.1) is 11.3 Å². The van der Waals surface area contributed by atoms with Gasteiger partial charge in [-0.05, 0) is 31.0 Å². The van der Waals surface area contributed by atoms with E-state index in [1.165, 1.54) is 16.9 Å². The first-order chi connectivity index (χ1) is 8.69. The molecule has 0 saturated carbocycles. The standard InChI is InChI=1S/C14H14N2OS/c1-10-3-4-11(2)13(7-10)17-9-14-16-8-12(18-14)5-6-15/h3-4,7-8H,5,9H2,1-2H3. The average Bonchev–Trinajstić information content (AvgIpc) is 2.79. The van der Waals surface area contributed by atoms with Crippen LogP contribution in [0.15, 0.2) is 24.4 Å². The first kappa shape index (κ1) is 12.6. The molecule has 0 radical (unpaired) electrons. The zero-order chi connectivity index (χ0) is 13.0. The lowest BCUT2D eigenvalue weighted by Crippen LogP contribution is -1.96. The number of aromatic nitrogens is 1. The molecule has 1 aromatic heterocycles. The van der Waals surface area contributed by atoms with E-state index in [1.54, 1.807) is 6.20 Å². The average molecular weight is 258 g/mol. The molecule has 4 heteroatoms. The van der Waals surface area contributed by atoms with Crippen molar-refractivity contribution in [2.24, 2.45) is 0 Å². The topological polar surface area (TPSA) is 45.9 Å². The Morgan fingerprint density at radius 3 is 3.00 bits per heavy atom. The van der Waals surface area contributed by atoms with E-state index in [0.717, 1.165) is 21.2 Å². The molecule has 2 aromatic rings. The van der Waals surface area contributed by atoms with Crippen molar-refractivity contribution in [1.29, 1.82) is 5.26 Å². The van der Waals surface area contributed by atoms with Gasteiger partial charge in [-0.1, -0.05) is 12.1 Å². The highest BCUT2D eigenvalue weighted by Gasteiger charge is 2.04. The number of nitrogens with zero attached hydrogens (tertiary/aromatic N) is 2. The highest BCUT2D eigenvalue weighted by Crippen LogP contribution is 2.21. The van der Waals surface area contributed by atoms with Crippen LogP contribution in [-0.2, 0) is 13.0 Å². The molecule has 0 bridgehead atoms. The van der Waals surface area contributed by atoms with Crippen LogP contribution < -0.4 is 4.74 Å². The summed E-state index contributed by atoms with van der Waals surface area (Å²) in [6.45, 7) is 4.53. The molecule has 1 heterocycles. The molecule has 2 rings (SSSR count). The Morgan fingerprint density at radius 2 is 2.22 bits per heavy atom. The first-order valence-electron chi connectivity index (χ1n) is 5.69. The van der Waals surface area contributed by atoms with Gasteiger partial charge >= 0.3 is 0 Å². The summed E-state index contributed by atoms with van der Waals surface area (Å²) in [7, 11) is 0. The largest absolute Gasteiger partial charge is 0.486 e. The van der Waals surface area contributed by atoms with E-state index in [0.29, 0.717) is 13.0 Å². The van der Waals surface area contributed by atoms with Crippen molar-refractivity contribution in [3.63, 3.8) is 0 Å². The fraction of sp³-hybridized carbons (Fsp3) is 0.286. The van der Waals surface area contributed by atoms with Gasteiger partial charge in [-0.2, -0.15) is 5.26 Å². The fourth-order valence-electron chi connectivity index (χ4n) is 1.58. The predicted octanol–water partition coefficient (Wildman–Crippen LogP) is 3.41. The van der Waals surface area contributed by atoms with E-state index in [4.69, 9.17) is 10.00 Å². The number of rotatable bonds is 4. The van der Waals surface area contributed by atoms with Gasteiger partial charge in [0.15, 0.2) is 0 Å². The van der Waals surface area contributed by atoms with Crippen LogP contribution in [0.25, 0.3) is 0 Å². The maximum absolute atomic E-state index is 8.60. The summed E-state index contributed by atoms with van der Waals surface area (Å²) in [5.74, 6) is 0.895. The predicted molar refractivity (Wildman–Crippen MR) is 71.7 cm³/mol. The summed E-state index contributed by atoms with van der Waals surface area (Å²) in [5.41, 5.74) is 2.30. The van der Waals surface area contributed by atoms with Crippen LogP contribution >= 0.6 is 11.3 Å². The molecule has 0 amide bonds. The van der Waals surface area contributed by atoms with Gasteiger partial charge in [-0.25, -0.2) is 4.98 Å². The maximum Gasteiger partial charge on any atom is 0.140 e. The van der Waals surface area contributed by atoms with Gasteiger partial charge in [0.25, 0.3) is 0 Å². The SMILES string of the molecule is Cc1ccc(C)c(OCc2ncc(CC#N)s2)c1. The zero-order valence-electron chi connectivity index (χ0n) is 10.4. The Labute approximate surface area is 111 Å². The third-order valence-electron chi connectivity index (χ3n) is 2.55. The minimum absolute atomic E-state index is 0.418. The van der Waals surface area contributed by atoms with Crippen molar-refractivity contribution in [1.82, 2.24) is 4.98 Å². The van der Waals surface area contributed by atoms with Crippen molar-refractivity contribution in [2.75, 3.05) is 0 Å². The highest BCUT2D eigenvalue weighted by atomic mass is 32.1. The minimum atomic E-state index is 0.418. The van der Waals surface area contributed by atoms with Gasteiger partial charge in [0.1, 0.15) is 17.4 Å². The molecule has 0 aliphatic heterocycles. The van der Waals surface area contributed by atoms with Crippen molar-refractivity contribution in [3.8, 4) is 11.8 Å². The third kappa shape index (κ3) is 3.08. The van der Waals surface area contributed by atoms with Crippen LogP contribution in [0.3, 0.4) is 0 Å². The molecule has 0 N–H and O–H groups in total. The van der Waals surface area contributed by atoms with Crippen molar-refractivity contribution in [3.05, 3.63) is 45.4 Å². The van der Waals surface area contributed by atoms with Gasteiger partial charge < -0.3 is 4.74 Å². The molecular formula is C14H14N2OS. The quantitative estimate of drug-likeness (QED) is 0.844. The monoisotopic (exact) mass is 258 g/mol. The van der Waals surface area contributed by atoms with E-state index < -0.39 is 0 Å². The van der Waals surface area contributed by atoms with Crippen molar-refractivity contribution < 1.29 is 4.74 Å². The summed E-state index contributed by atoms with van der Waals surface area (Å²) in [5, 5.41) is 9.51. The van der Waals surface area contributed by atoms with Gasteiger partial charge in [-0.3, -0.25) is 0 Å².